The Morgan fingerprint density at radius 1 is 1.36 bits per heavy atom. The number of hydrogen-bond acceptors (Lipinski definition) is 5. The van der Waals surface area contributed by atoms with Crippen LogP contribution in [0.5, 0.6) is 0 Å². The quantitative estimate of drug-likeness (QED) is 0.823. The second kappa shape index (κ2) is 6.26. The fourth-order valence-corrected chi connectivity index (χ4v) is 2.73. The summed E-state index contributed by atoms with van der Waals surface area (Å²) in [5.74, 6) is -0.0643. The van der Waals surface area contributed by atoms with Gasteiger partial charge in [0.15, 0.2) is 5.82 Å². The molecule has 2 aromatic rings. The van der Waals surface area contributed by atoms with Gasteiger partial charge in [0, 0.05) is 31.9 Å². The molecule has 0 saturated heterocycles. The fourth-order valence-electron chi connectivity index (χ4n) is 1.71. The van der Waals surface area contributed by atoms with Crippen LogP contribution in [0.4, 0.5) is 5.82 Å². The van der Waals surface area contributed by atoms with Gasteiger partial charge in [-0.15, -0.1) is 0 Å². The maximum Gasteiger partial charge on any atom is 0.264 e. The molecule has 8 nitrogen and oxygen atoms in total. The smallest absolute Gasteiger partial charge is 0.264 e. The van der Waals surface area contributed by atoms with Crippen molar-refractivity contribution in [2.75, 3.05) is 19.5 Å². The number of anilines is 1. The minimum Gasteiger partial charge on any atom is -0.305 e. The zero-order valence-electron chi connectivity index (χ0n) is 12.3. The number of sulfonamides is 1. The van der Waals surface area contributed by atoms with Gasteiger partial charge in [0.05, 0.1) is 12.0 Å². The Balaban J connectivity index is 2.26. The Labute approximate surface area is 128 Å². The topological polar surface area (TPSA) is 93.5 Å². The standard InChI is InChI=1S/C13H16N4O4S/c1-16-8-7-12(15-16)14-13(18)10-5-4-6-11(9-10)22(19,20)17(2)21-3/h4-9H,1-3H3,(H,14,15,18). The molecule has 0 fully saturated rings. The average Bonchev–Trinajstić information content (AvgIpc) is 2.91. The third-order valence-corrected chi connectivity index (χ3v) is 4.62. The van der Waals surface area contributed by atoms with Crippen LogP contribution in [0.3, 0.4) is 0 Å². The van der Waals surface area contributed by atoms with Crippen LogP contribution in [0, 0.1) is 0 Å². The van der Waals surface area contributed by atoms with Crippen LogP contribution < -0.4 is 5.32 Å². The van der Waals surface area contributed by atoms with E-state index >= 15 is 0 Å². The van der Waals surface area contributed by atoms with Crippen molar-refractivity contribution in [3.8, 4) is 0 Å². The first kappa shape index (κ1) is 16.1. The third kappa shape index (κ3) is 3.32. The lowest BCUT2D eigenvalue weighted by atomic mass is 10.2. The van der Waals surface area contributed by atoms with Crippen molar-refractivity contribution in [2.45, 2.75) is 4.90 Å². The second-order valence-electron chi connectivity index (χ2n) is 4.45. The molecule has 0 atom stereocenters. The van der Waals surface area contributed by atoms with Gasteiger partial charge in [0.25, 0.3) is 15.9 Å². The van der Waals surface area contributed by atoms with Crippen LogP contribution in [0.15, 0.2) is 41.4 Å². The molecule has 0 spiro atoms. The van der Waals surface area contributed by atoms with Gasteiger partial charge >= 0.3 is 0 Å². The van der Waals surface area contributed by atoms with E-state index in [2.05, 4.69) is 10.4 Å². The van der Waals surface area contributed by atoms with Gasteiger partial charge in [-0.05, 0) is 18.2 Å². The minimum absolute atomic E-state index is 0.0366. The van der Waals surface area contributed by atoms with Crippen LogP contribution in [0.1, 0.15) is 10.4 Å². The number of aromatic nitrogens is 2. The summed E-state index contributed by atoms with van der Waals surface area (Å²) in [4.78, 5) is 16.8. The fraction of sp³-hybridized carbons (Fsp3) is 0.231. The molecule has 0 aliphatic heterocycles. The normalized spacial score (nSPS) is 11.6. The Bertz CT molecular complexity index is 785. The monoisotopic (exact) mass is 324 g/mol. The van der Waals surface area contributed by atoms with Crippen molar-refractivity contribution >= 4 is 21.7 Å². The summed E-state index contributed by atoms with van der Waals surface area (Å²) in [5.41, 5.74) is 0.205. The number of hydrogen-bond donors (Lipinski definition) is 1. The summed E-state index contributed by atoms with van der Waals surface area (Å²) in [5, 5.41) is 6.62. The Morgan fingerprint density at radius 3 is 2.68 bits per heavy atom. The van der Waals surface area contributed by atoms with Crippen LogP contribution in [0.2, 0.25) is 0 Å². The van der Waals surface area contributed by atoms with Crippen molar-refractivity contribution in [3.05, 3.63) is 42.1 Å². The molecule has 1 aromatic carbocycles. The molecule has 1 aromatic heterocycles. The highest BCUT2D eigenvalue weighted by molar-refractivity contribution is 7.89. The predicted octanol–water partition coefficient (Wildman–Crippen LogP) is 0.854. The number of aryl methyl sites for hydroxylation is 1. The molecule has 0 radical (unpaired) electrons. The van der Waals surface area contributed by atoms with Crippen molar-refractivity contribution in [1.82, 2.24) is 14.2 Å². The van der Waals surface area contributed by atoms with E-state index in [9.17, 15) is 13.2 Å². The number of amides is 1. The molecule has 1 N–H and O–H groups in total. The predicted molar refractivity (Wildman–Crippen MR) is 79.6 cm³/mol. The molecular weight excluding hydrogens is 308 g/mol. The molecule has 2 rings (SSSR count). The van der Waals surface area contributed by atoms with Gasteiger partial charge in [-0.3, -0.25) is 14.3 Å². The van der Waals surface area contributed by atoms with Gasteiger partial charge in [0.1, 0.15) is 0 Å². The number of nitrogens with one attached hydrogen (secondary N) is 1. The van der Waals surface area contributed by atoms with Gasteiger partial charge in [-0.1, -0.05) is 10.5 Å². The lowest BCUT2D eigenvalue weighted by Crippen LogP contribution is -2.26. The third-order valence-electron chi connectivity index (χ3n) is 2.94. The Kier molecular flexibility index (Phi) is 4.59. The maximum atomic E-state index is 12.2. The van der Waals surface area contributed by atoms with Crippen LogP contribution in [-0.2, 0) is 21.9 Å². The van der Waals surface area contributed by atoms with Gasteiger partial charge in [-0.2, -0.15) is 5.10 Å². The second-order valence-corrected chi connectivity index (χ2v) is 6.39. The van der Waals surface area contributed by atoms with E-state index in [4.69, 9.17) is 4.84 Å². The molecule has 9 heteroatoms. The van der Waals surface area contributed by atoms with Gasteiger partial charge < -0.3 is 5.32 Å². The number of rotatable bonds is 5. The van der Waals surface area contributed by atoms with E-state index in [1.165, 1.54) is 38.4 Å². The number of hydroxylamine groups is 1. The SMILES string of the molecule is CON(C)S(=O)(=O)c1cccc(C(=O)Nc2ccn(C)n2)c1. The summed E-state index contributed by atoms with van der Waals surface area (Å²) < 4.78 is 26.6. The summed E-state index contributed by atoms with van der Waals surface area (Å²) in [6.45, 7) is 0. The van der Waals surface area contributed by atoms with Crippen LogP contribution in [0.25, 0.3) is 0 Å². The van der Waals surface area contributed by atoms with E-state index in [0.29, 0.717) is 5.82 Å². The summed E-state index contributed by atoms with van der Waals surface area (Å²) in [7, 11) is 0.442. The highest BCUT2D eigenvalue weighted by atomic mass is 32.2. The van der Waals surface area contributed by atoms with E-state index in [-0.39, 0.29) is 10.5 Å². The number of nitrogens with zero attached hydrogens (tertiary/aromatic N) is 3. The van der Waals surface area contributed by atoms with Gasteiger partial charge in [-0.25, -0.2) is 8.42 Å². The molecular formula is C13H16N4O4S. The van der Waals surface area contributed by atoms with Crippen molar-refractivity contribution < 1.29 is 18.0 Å². The first-order valence-electron chi connectivity index (χ1n) is 6.28. The largest absolute Gasteiger partial charge is 0.305 e. The lowest BCUT2D eigenvalue weighted by Gasteiger charge is -2.14. The minimum atomic E-state index is -3.80. The molecule has 118 valence electrons. The van der Waals surface area contributed by atoms with E-state index in [1.807, 2.05) is 0 Å². The van der Waals surface area contributed by atoms with E-state index in [0.717, 1.165) is 4.47 Å². The highest BCUT2D eigenvalue weighted by Gasteiger charge is 2.22. The molecule has 0 aliphatic rings. The van der Waals surface area contributed by atoms with Crippen molar-refractivity contribution in [3.63, 3.8) is 0 Å². The molecule has 1 amide bonds. The molecule has 0 aliphatic carbocycles. The summed E-state index contributed by atoms with van der Waals surface area (Å²) >= 11 is 0. The average molecular weight is 324 g/mol. The number of carbonyl (C=O) groups excluding carboxylic acids is 1. The molecule has 22 heavy (non-hydrogen) atoms. The van der Waals surface area contributed by atoms with E-state index < -0.39 is 15.9 Å². The zero-order valence-corrected chi connectivity index (χ0v) is 13.2. The maximum absolute atomic E-state index is 12.2. The molecule has 0 saturated carbocycles. The molecule has 1 heterocycles. The lowest BCUT2D eigenvalue weighted by molar-refractivity contribution is -0.0258. The van der Waals surface area contributed by atoms with Gasteiger partial charge in [0.2, 0.25) is 0 Å². The Morgan fingerprint density at radius 2 is 2.09 bits per heavy atom. The van der Waals surface area contributed by atoms with Crippen molar-refractivity contribution in [1.29, 1.82) is 0 Å². The summed E-state index contributed by atoms with van der Waals surface area (Å²) in [6, 6.07) is 7.32. The first-order valence-corrected chi connectivity index (χ1v) is 7.72. The number of carbonyl (C=O) groups is 1. The number of benzene rings is 1. The van der Waals surface area contributed by atoms with Crippen LogP contribution >= 0.6 is 0 Å². The highest BCUT2D eigenvalue weighted by Crippen LogP contribution is 2.16. The molecule has 0 unspecified atom stereocenters. The van der Waals surface area contributed by atoms with Crippen LogP contribution in [-0.4, -0.2) is 42.7 Å². The van der Waals surface area contributed by atoms with Crippen molar-refractivity contribution in [2.24, 2.45) is 7.05 Å². The molecule has 0 bridgehead atoms. The first-order chi connectivity index (χ1) is 10.3. The zero-order chi connectivity index (χ0) is 16.3. The van der Waals surface area contributed by atoms with E-state index in [1.54, 1.807) is 24.0 Å². The summed E-state index contributed by atoms with van der Waals surface area (Å²) in [6.07, 6.45) is 1.68. The Hall–Kier alpha value is -2.23.